The smallest absolute Gasteiger partial charge is 0.307 e. The van der Waals surface area contributed by atoms with Crippen LogP contribution in [0, 0.1) is 10.1 Å². The van der Waals surface area contributed by atoms with Crippen LogP contribution in [0.1, 0.15) is 12.0 Å². The fourth-order valence-electron chi connectivity index (χ4n) is 0.965. The average Bonchev–Trinajstić information content (AvgIpc) is 2.20. The lowest BCUT2D eigenvalue weighted by Gasteiger charge is -1.96. The molecule has 0 aliphatic rings. The molecule has 0 unspecified atom stereocenters. The lowest BCUT2D eigenvalue weighted by Crippen LogP contribution is -1.91. The summed E-state index contributed by atoms with van der Waals surface area (Å²) in [6.45, 7) is 0.0413. The van der Waals surface area contributed by atoms with Crippen molar-refractivity contribution in [3.8, 4) is 0 Å². The number of nitro groups is 1. The first kappa shape index (κ1) is 11.6. The Labute approximate surface area is 91.2 Å². The third-order valence-electron chi connectivity index (χ3n) is 1.64. The van der Waals surface area contributed by atoms with Crippen molar-refractivity contribution in [1.29, 1.82) is 0 Å². The van der Waals surface area contributed by atoms with E-state index in [1.807, 2.05) is 0 Å². The van der Waals surface area contributed by atoms with Crippen LogP contribution in [-0.4, -0.2) is 21.6 Å². The largest absolute Gasteiger partial charge is 0.396 e. The van der Waals surface area contributed by atoms with Gasteiger partial charge in [-0.1, -0.05) is 23.8 Å². The molecule has 1 heterocycles. The zero-order chi connectivity index (χ0) is 11.3. The van der Waals surface area contributed by atoms with Gasteiger partial charge in [0.05, 0.1) is 4.92 Å². The highest BCUT2D eigenvalue weighted by Gasteiger charge is 2.12. The maximum absolute atomic E-state index is 10.5. The summed E-state index contributed by atoms with van der Waals surface area (Å²) in [4.78, 5) is 13.6. The second-order valence-corrected chi connectivity index (χ2v) is 3.11. The van der Waals surface area contributed by atoms with Crippen molar-refractivity contribution in [3.05, 3.63) is 39.2 Å². The maximum atomic E-state index is 10.5. The Morgan fingerprint density at radius 2 is 2.40 bits per heavy atom. The van der Waals surface area contributed by atoms with Gasteiger partial charge in [0.2, 0.25) is 5.15 Å². The first-order valence-corrected chi connectivity index (χ1v) is 4.60. The second kappa shape index (κ2) is 5.43. The van der Waals surface area contributed by atoms with Crippen LogP contribution in [-0.2, 0) is 0 Å². The topological polar surface area (TPSA) is 76.3 Å². The van der Waals surface area contributed by atoms with Crippen LogP contribution in [0.4, 0.5) is 5.69 Å². The predicted molar refractivity (Wildman–Crippen MR) is 56.6 cm³/mol. The maximum Gasteiger partial charge on any atom is 0.307 e. The molecule has 5 nitrogen and oxygen atoms in total. The molecule has 0 amide bonds. The number of hydrogen-bond acceptors (Lipinski definition) is 4. The fourth-order valence-corrected chi connectivity index (χ4v) is 1.14. The summed E-state index contributed by atoms with van der Waals surface area (Å²) in [5, 5.41) is 18.9. The van der Waals surface area contributed by atoms with E-state index in [0.29, 0.717) is 12.0 Å². The van der Waals surface area contributed by atoms with Crippen molar-refractivity contribution >= 4 is 23.4 Å². The van der Waals surface area contributed by atoms with Crippen LogP contribution in [0.25, 0.3) is 6.08 Å². The minimum atomic E-state index is -0.585. The van der Waals surface area contributed by atoms with Crippen LogP contribution >= 0.6 is 11.6 Å². The summed E-state index contributed by atoms with van der Waals surface area (Å²) in [5.41, 5.74) is 0.363. The molecule has 1 rings (SSSR count). The molecule has 0 saturated carbocycles. The van der Waals surface area contributed by atoms with Gasteiger partial charge >= 0.3 is 5.69 Å². The van der Waals surface area contributed by atoms with Crippen LogP contribution < -0.4 is 0 Å². The third kappa shape index (κ3) is 3.30. The highest BCUT2D eigenvalue weighted by molar-refractivity contribution is 6.31. The molecule has 6 heteroatoms. The lowest BCUT2D eigenvalue weighted by atomic mass is 10.2. The summed E-state index contributed by atoms with van der Waals surface area (Å²) in [7, 11) is 0. The molecule has 0 spiro atoms. The van der Waals surface area contributed by atoms with Crippen molar-refractivity contribution < 1.29 is 10.0 Å². The summed E-state index contributed by atoms with van der Waals surface area (Å²) in [6, 6.07) is 1.34. The number of aliphatic hydroxyl groups is 1. The van der Waals surface area contributed by atoms with Gasteiger partial charge in [-0.15, -0.1) is 0 Å². The fraction of sp³-hybridized carbons (Fsp3) is 0.222. The number of nitrogens with zero attached hydrogens (tertiary/aromatic N) is 2. The van der Waals surface area contributed by atoms with E-state index < -0.39 is 4.92 Å². The highest BCUT2D eigenvalue weighted by Crippen LogP contribution is 2.22. The standard InChI is InChI=1S/C9H9ClN2O3/c10-9-8(12(14)15)5-7(6-11-9)3-1-2-4-13/h1,3,5-6,13H,2,4H2. The molecule has 0 radical (unpaired) electrons. The van der Waals surface area contributed by atoms with E-state index in [-0.39, 0.29) is 17.4 Å². The second-order valence-electron chi connectivity index (χ2n) is 2.75. The Bertz CT molecular complexity index is 393. The molecule has 1 aromatic heterocycles. The van der Waals surface area contributed by atoms with E-state index in [1.54, 1.807) is 12.2 Å². The zero-order valence-corrected chi connectivity index (χ0v) is 8.52. The summed E-state index contributed by atoms with van der Waals surface area (Å²) >= 11 is 5.54. The Morgan fingerprint density at radius 1 is 1.67 bits per heavy atom. The van der Waals surface area contributed by atoms with E-state index >= 15 is 0 Å². The quantitative estimate of drug-likeness (QED) is 0.486. The number of hydrogen-bond donors (Lipinski definition) is 1. The molecule has 0 aliphatic heterocycles. The Hall–Kier alpha value is -1.46. The van der Waals surface area contributed by atoms with Gasteiger partial charge in [-0.25, -0.2) is 4.98 Å². The Kier molecular flexibility index (Phi) is 4.20. The van der Waals surface area contributed by atoms with Crippen molar-refractivity contribution in [1.82, 2.24) is 4.98 Å². The minimum Gasteiger partial charge on any atom is -0.396 e. The summed E-state index contributed by atoms with van der Waals surface area (Å²) in [6.07, 6.45) is 5.28. The molecule has 0 atom stereocenters. The molecular weight excluding hydrogens is 220 g/mol. The SMILES string of the molecule is O=[N+]([O-])c1cc(C=CCCO)cnc1Cl. The van der Waals surface area contributed by atoms with E-state index in [0.717, 1.165) is 0 Å². The molecule has 0 aromatic carbocycles. The summed E-state index contributed by atoms with van der Waals surface area (Å²) < 4.78 is 0. The number of halogens is 1. The van der Waals surface area contributed by atoms with Gasteiger partial charge in [0.1, 0.15) is 0 Å². The molecule has 80 valence electrons. The molecule has 15 heavy (non-hydrogen) atoms. The number of aliphatic hydroxyl groups excluding tert-OH is 1. The lowest BCUT2D eigenvalue weighted by molar-refractivity contribution is -0.385. The van der Waals surface area contributed by atoms with Gasteiger partial charge in [-0.05, 0) is 12.0 Å². The van der Waals surface area contributed by atoms with E-state index in [2.05, 4.69) is 4.98 Å². The van der Waals surface area contributed by atoms with Gasteiger partial charge in [0.15, 0.2) is 0 Å². The number of aromatic nitrogens is 1. The van der Waals surface area contributed by atoms with Gasteiger partial charge in [0, 0.05) is 18.9 Å². The molecule has 1 aromatic rings. The van der Waals surface area contributed by atoms with Gasteiger partial charge in [0.25, 0.3) is 0 Å². The van der Waals surface area contributed by atoms with E-state index in [4.69, 9.17) is 16.7 Å². The number of pyridine rings is 1. The van der Waals surface area contributed by atoms with Crippen LogP contribution in [0.2, 0.25) is 5.15 Å². The van der Waals surface area contributed by atoms with Gasteiger partial charge < -0.3 is 5.11 Å². The molecular formula is C9H9ClN2O3. The van der Waals surface area contributed by atoms with Crippen LogP contribution in [0.3, 0.4) is 0 Å². The Morgan fingerprint density at radius 3 is 3.00 bits per heavy atom. The molecule has 0 saturated heterocycles. The highest BCUT2D eigenvalue weighted by atomic mass is 35.5. The molecule has 0 fully saturated rings. The monoisotopic (exact) mass is 228 g/mol. The predicted octanol–water partition coefficient (Wildman–Crippen LogP) is 2.04. The van der Waals surface area contributed by atoms with Crippen molar-refractivity contribution in [3.63, 3.8) is 0 Å². The van der Waals surface area contributed by atoms with Crippen LogP contribution in [0.15, 0.2) is 18.3 Å². The normalized spacial score (nSPS) is 10.8. The molecule has 1 N–H and O–H groups in total. The first-order chi connectivity index (χ1) is 7.15. The Balaban J connectivity index is 2.92. The van der Waals surface area contributed by atoms with Crippen LogP contribution in [0.5, 0.6) is 0 Å². The summed E-state index contributed by atoms with van der Waals surface area (Å²) in [5.74, 6) is 0. The zero-order valence-electron chi connectivity index (χ0n) is 7.76. The van der Waals surface area contributed by atoms with Crippen molar-refractivity contribution in [2.75, 3.05) is 6.61 Å². The minimum absolute atomic E-state index is 0.0413. The molecule has 0 bridgehead atoms. The van der Waals surface area contributed by atoms with Gasteiger partial charge in [-0.3, -0.25) is 10.1 Å². The number of rotatable bonds is 4. The van der Waals surface area contributed by atoms with Crippen molar-refractivity contribution in [2.45, 2.75) is 6.42 Å². The van der Waals surface area contributed by atoms with E-state index in [9.17, 15) is 10.1 Å². The first-order valence-electron chi connectivity index (χ1n) is 4.22. The molecule has 0 aliphatic carbocycles. The third-order valence-corrected chi connectivity index (χ3v) is 1.94. The average molecular weight is 229 g/mol. The van der Waals surface area contributed by atoms with E-state index in [1.165, 1.54) is 12.3 Å². The van der Waals surface area contributed by atoms with Crippen molar-refractivity contribution in [2.24, 2.45) is 0 Å². The van der Waals surface area contributed by atoms with Gasteiger partial charge in [-0.2, -0.15) is 0 Å².